The second-order valence-electron chi connectivity index (χ2n) is 4.57. The molecule has 1 aromatic carbocycles. The van der Waals surface area contributed by atoms with Crippen LogP contribution in [0.15, 0.2) is 12.1 Å². The molecule has 2 heterocycles. The summed E-state index contributed by atoms with van der Waals surface area (Å²) in [5, 5.41) is 1.07. The van der Waals surface area contributed by atoms with Gasteiger partial charge in [-0.25, -0.2) is 4.98 Å². The average molecular weight is 302 g/mol. The predicted octanol–water partition coefficient (Wildman–Crippen LogP) is 3.68. The summed E-state index contributed by atoms with van der Waals surface area (Å²) in [6.07, 6.45) is 1.24. The van der Waals surface area contributed by atoms with Crippen molar-refractivity contribution >= 4 is 51.9 Å². The number of aromatic nitrogens is 2. The number of nitrogen functional groups attached to an aromatic ring is 1. The van der Waals surface area contributed by atoms with E-state index in [0.717, 1.165) is 17.6 Å². The topological polar surface area (TPSA) is 43.8 Å². The lowest BCUT2D eigenvalue weighted by molar-refractivity contribution is 0.505. The summed E-state index contributed by atoms with van der Waals surface area (Å²) in [5.41, 5.74) is 7.77. The van der Waals surface area contributed by atoms with E-state index in [9.17, 15) is 0 Å². The third-order valence-corrected chi connectivity index (χ3v) is 5.24. The summed E-state index contributed by atoms with van der Waals surface area (Å²) in [4.78, 5) is 4.35. The van der Waals surface area contributed by atoms with Gasteiger partial charge in [-0.3, -0.25) is 0 Å². The van der Waals surface area contributed by atoms with Gasteiger partial charge in [0.15, 0.2) is 0 Å². The summed E-state index contributed by atoms with van der Waals surface area (Å²) in [6, 6.07) is 3.63. The van der Waals surface area contributed by atoms with Crippen molar-refractivity contribution in [3.63, 3.8) is 0 Å². The van der Waals surface area contributed by atoms with Crippen LogP contribution in [0.5, 0.6) is 0 Å². The molecular formula is C12H13Cl2N3S. The van der Waals surface area contributed by atoms with Crippen molar-refractivity contribution in [3.05, 3.63) is 22.2 Å². The van der Waals surface area contributed by atoms with Crippen molar-refractivity contribution in [2.75, 3.05) is 17.2 Å². The molecule has 0 bridgehead atoms. The van der Waals surface area contributed by atoms with Crippen LogP contribution in [0.1, 0.15) is 6.42 Å². The van der Waals surface area contributed by atoms with Gasteiger partial charge in [0.25, 0.3) is 0 Å². The first kappa shape index (κ1) is 12.5. The molecule has 1 aliphatic rings. The van der Waals surface area contributed by atoms with Crippen LogP contribution in [0, 0.1) is 5.92 Å². The van der Waals surface area contributed by atoms with Crippen molar-refractivity contribution in [2.24, 2.45) is 5.92 Å². The van der Waals surface area contributed by atoms with Crippen LogP contribution in [0.2, 0.25) is 10.0 Å². The molecule has 0 aliphatic carbocycles. The molecule has 1 atom stereocenters. The highest BCUT2D eigenvalue weighted by Gasteiger charge is 2.19. The zero-order valence-electron chi connectivity index (χ0n) is 9.70. The number of benzene rings is 1. The van der Waals surface area contributed by atoms with Crippen molar-refractivity contribution < 1.29 is 0 Å². The van der Waals surface area contributed by atoms with Gasteiger partial charge in [-0.05, 0) is 36.0 Å². The van der Waals surface area contributed by atoms with Crippen molar-refractivity contribution in [2.45, 2.75) is 13.0 Å². The van der Waals surface area contributed by atoms with Crippen LogP contribution in [-0.4, -0.2) is 21.1 Å². The second kappa shape index (κ2) is 4.83. The van der Waals surface area contributed by atoms with Crippen molar-refractivity contribution in [1.29, 1.82) is 0 Å². The number of anilines is 1. The second-order valence-corrected chi connectivity index (χ2v) is 6.53. The Balaban J connectivity index is 2.04. The normalized spacial score (nSPS) is 19.8. The van der Waals surface area contributed by atoms with Gasteiger partial charge in [-0.1, -0.05) is 23.2 Å². The van der Waals surface area contributed by atoms with Gasteiger partial charge < -0.3 is 10.3 Å². The monoisotopic (exact) mass is 301 g/mol. The molecule has 0 saturated carbocycles. The summed E-state index contributed by atoms with van der Waals surface area (Å²) in [7, 11) is 0. The van der Waals surface area contributed by atoms with E-state index in [1.54, 1.807) is 6.07 Å². The average Bonchev–Trinajstić information content (AvgIpc) is 2.92. The molecule has 1 aliphatic heterocycles. The smallest absolute Gasteiger partial charge is 0.201 e. The molecule has 2 N–H and O–H groups in total. The van der Waals surface area contributed by atoms with E-state index in [1.807, 2.05) is 22.4 Å². The number of rotatable bonds is 2. The molecular weight excluding hydrogens is 289 g/mol. The minimum atomic E-state index is 0.519. The largest absolute Gasteiger partial charge is 0.369 e. The first-order chi connectivity index (χ1) is 8.65. The highest BCUT2D eigenvalue weighted by atomic mass is 35.5. The maximum Gasteiger partial charge on any atom is 0.201 e. The Morgan fingerprint density at radius 3 is 2.89 bits per heavy atom. The molecule has 18 heavy (non-hydrogen) atoms. The number of hydrogen-bond acceptors (Lipinski definition) is 3. The number of thioether (sulfide) groups is 1. The Hall–Kier alpha value is -0.580. The predicted molar refractivity (Wildman–Crippen MR) is 79.6 cm³/mol. The van der Waals surface area contributed by atoms with E-state index >= 15 is 0 Å². The van der Waals surface area contributed by atoms with E-state index < -0.39 is 0 Å². The number of imidazole rings is 1. The molecule has 1 unspecified atom stereocenters. The number of hydrogen-bond donors (Lipinski definition) is 1. The Kier molecular flexibility index (Phi) is 3.34. The third kappa shape index (κ3) is 2.17. The Morgan fingerprint density at radius 1 is 1.39 bits per heavy atom. The Labute approximate surface area is 120 Å². The van der Waals surface area contributed by atoms with Crippen LogP contribution in [0.4, 0.5) is 5.95 Å². The van der Waals surface area contributed by atoms with Crippen LogP contribution in [-0.2, 0) is 6.54 Å². The molecule has 1 saturated heterocycles. The fourth-order valence-electron chi connectivity index (χ4n) is 2.32. The van der Waals surface area contributed by atoms with Crippen LogP contribution >= 0.6 is 35.0 Å². The highest BCUT2D eigenvalue weighted by Crippen LogP contribution is 2.31. The van der Waals surface area contributed by atoms with Gasteiger partial charge >= 0.3 is 0 Å². The maximum atomic E-state index is 6.07. The lowest BCUT2D eigenvalue weighted by Crippen LogP contribution is -2.12. The molecule has 3 rings (SSSR count). The van der Waals surface area contributed by atoms with Gasteiger partial charge in [0.1, 0.15) is 0 Å². The fourth-order valence-corrected chi connectivity index (χ4v) is 3.90. The van der Waals surface area contributed by atoms with Crippen molar-refractivity contribution in [1.82, 2.24) is 9.55 Å². The van der Waals surface area contributed by atoms with Gasteiger partial charge in [0, 0.05) is 6.54 Å². The molecule has 3 nitrogen and oxygen atoms in total. The minimum Gasteiger partial charge on any atom is -0.369 e. The van der Waals surface area contributed by atoms with Gasteiger partial charge in [-0.2, -0.15) is 11.8 Å². The summed E-state index contributed by atoms with van der Waals surface area (Å²) < 4.78 is 2.05. The van der Waals surface area contributed by atoms with E-state index in [-0.39, 0.29) is 0 Å². The summed E-state index contributed by atoms with van der Waals surface area (Å²) in [5.74, 6) is 3.65. The van der Waals surface area contributed by atoms with E-state index in [4.69, 9.17) is 28.9 Å². The number of nitrogens with zero attached hydrogens (tertiary/aromatic N) is 2. The maximum absolute atomic E-state index is 6.07. The van der Waals surface area contributed by atoms with Crippen LogP contribution < -0.4 is 5.73 Å². The molecule has 96 valence electrons. The molecule has 6 heteroatoms. The first-order valence-electron chi connectivity index (χ1n) is 5.83. The van der Waals surface area contributed by atoms with Crippen LogP contribution in [0.3, 0.4) is 0 Å². The molecule has 1 fully saturated rings. The van der Waals surface area contributed by atoms with Crippen molar-refractivity contribution in [3.8, 4) is 0 Å². The summed E-state index contributed by atoms with van der Waals surface area (Å²) >= 11 is 14.1. The third-order valence-electron chi connectivity index (χ3n) is 3.28. The Morgan fingerprint density at radius 2 is 2.17 bits per heavy atom. The van der Waals surface area contributed by atoms with E-state index in [2.05, 4.69) is 4.98 Å². The SMILES string of the molecule is Nc1nc2cc(Cl)c(Cl)cc2n1CC1CCSC1. The number of halogens is 2. The summed E-state index contributed by atoms with van der Waals surface area (Å²) in [6.45, 7) is 0.910. The molecule has 0 amide bonds. The molecule has 0 spiro atoms. The fraction of sp³-hybridized carbons (Fsp3) is 0.417. The highest BCUT2D eigenvalue weighted by molar-refractivity contribution is 7.99. The van der Waals surface area contributed by atoms with Crippen LogP contribution in [0.25, 0.3) is 11.0 Å². The van der Waals surface area contributed by atoms with Gasteiger partial charge in [-0.15, -0.1) is 0 Å². The minimum absolute atomic E-state index is 0.519. The molecule has 2 aromatic rings. The van der Waals surface area contributed by atoms with E-state index in [1.165, 1.54) is 17.9 Å². The quantitative estimate of drug-likeness (QED) is 0.920. The Bertz CT molecular complexity index is 591. The lowest BCUT2D eigenvalue weighted by atomic mass is 10.1. The van der Waals surface area contributed by atoms with Gasteiger partial charge in [0.2, 0.25) is 5.95 Å². The molecule has 0 radical (unpaired) electrons. The standard InChI is InChI=1S/C12H13Cl2N3S/c13-8-3-10-11(4-9(8)14)17(12(15)16-10)5-7-1-2-18-6-7/h3-4,7H,1-2,5-6H2,(H2,15,16). The first-order valence-corrected chi connectivity index (χ1v) is 7.74. The molecule has 1 aromatic heterocycles. The van der Waals surface area contributed by atoms with E-state index in [0.29, 0.717) is 21.9 Å². The zero-order chi connectivity index (χ0) is 12.7. The number of fused-ring (bicyclic) bond motifs is 1. The van der Waals surface area contributed by atoms with Gasteiger partial charge in [0.05, 0.1) is 21.1 Å². The zero-order valence-corrected chi connectivity index (χ0v) is 12.0. The lowest BCUT2D eigenvalue weighted by Gasteiger charge is -2.11. The number of nitrogens with two attached hydrogens (primary N) is 1.